The Labute approximate surface area is 145 Å². The Morgan fingerprint density at radius 3 is 2.68 bits per heavy atom. The highest BCUT2D eigenvalue weighted by molar-refractivity contribution is 14.1. The minimum atomic E-state index is 0.421. The summed E-state index contributed by atoms with van der Waals surface area (Å²) in [7, 11) is 2.28. The van der Waals surface area contributed by atoms with Gasteiger partial charge in [-0.3, -0.25) is 4.90 Å². The van der Waals surface area contributed by atoms with E-state index < -0.39 is 0 Å². The Morgan fingerprint density at radius 1 is 1.23 bits per heavy atom. The van der Waals surface area contributed by atoms with Gasteiger partial charge in [-0.05, 0) is 79.4 Å². The zero-order valence-corrected chi connectivity index (χ0v) is 15.2. The predicted molar refractivity (Wildman–Crippen MR) is 95.1 cm³/mol. The van der Waals surface area contributed by atoms with E-state index in [0.29, 0.717) is 17.9 Å². The van der Waals surface area contributed by atoms with Crippen molar-refractivity contribution < 1.29 is 4.52 Å². The standard InChI is InChI=1S/C18H21IN2O/c1-11-9-17(22-20-11)18-15(12-3-5-13(19)6-4-12)10-14-7-8-16(18)21(14)2/h3-6,9,14-16,18H,7-8,10H2,1-2H3/t14?,15-,16?,18?/m1/s1. The van der Waals surface area contributed by atoms with Crippen molar-refractivity contribution in [3.63, 3.8) is 0 Å². The van der Waals surface area contributed by atoms with Crippen LogP contribution in [0.3, 0.4) is 0 Å². The van der Waals surface area contributed by atoms with Crippen LogP contribution in [-0.4, -0.2) is 29.2 Å². The monoisotopic (exact) mass is 408 g/mol. The molecule has 1 aromatic heterocycles. The Morgan fingerprint density at radius 2 is 2.00 bits per heavy atom. The number of aromatic nitrogens is 1. The first-order valence-corrected chi connectivity index (χ1v) is 9.12. The minimum absolute atomic E-state index is 0.421. The molecule has 2 fully saturated rings. The first-order chi connectivity index (χ1) is 10.6. The second-order valence-corrected chi connectivity index (χ2v) is 8.00. The molecule has 2 bridgehead atoms. The first kappa shape index (κ1) is 14.7. The van der Waals surface area contributed by atoms with E-state index in [-0.39, 0.29) is 0 Å². The van der Waals surface area contributed by atoms with Gasteiger partial charge in [0.1, 0.15) is 5.76 Å². The van der Waals surface area contributed by atoms with Crippen LogP contribution in [0, 0.1) is 10.5 Å². The molecule has 4 atom stereocenters. The van der Waals surface area contributed by atoms with Crippen LogP contribution in [0.5, 0.6) is 0 Å². The fourth-order valence-corrected chi connectivity index (χ4v) is 4.81. The molecule has 2 aliphatic heterocycles. The Balaban J connectivity index is 1.76. The topological polar surface area (TPSA) is 29.3 Å². The summed E-state index contributed by atoms with van der Waals surface area (Å²) in [6, 6.07) is 12.5. The van der Waals surface area contributed by atoms with Gasteiger partial charge in [0, 0.05) is 27.6 Å². The van der Waals surface area contributed by atoms with Gasteiger partial charge in [-0.1, -0.05) is 17.3 Å². The van der Waals surface area contributed by atoms with Gasteiger partial charge in [-0.25, -0.2) is 0 Å². The second kappa shape index (κ2) is 5.64. The van der Waals surface area contributed by atoms with Gasteiger partial charge in [0.25, 0.3) is 0 Å². The average molecular weight is 408 g/mol. The zero-order chi connectivity index (χ0) is 15.3. The molecule has 0 spiro atoms. The lowest BCUT2D eigenvalue weighted by Gasteiger charge is -2.42. The summed E-state index contributed by atoms with van der Waals surface area (Å²) in [4.78, 5) is 2.58. The zero-order valence-electron chi connectivity index (χ0n) is 13.0. The molecule has 3 heterocycles. The van der Waals surface area contributed by atoms with Crippen LogP contribution >= 0.6 is 22.6 Å². The van der Waals surface area contributed by atoms with Crippen LogP contribution in [0.1, 0.15) is 48.1 Å². The number of hydrogen-bond donors (Lipinski definition) is 0. The van der Waals surface area contributed by atoms with Crippen LogP contribution in [0.15, 0.2) is 34.9 Å². The number of nitrogens with zero attached hydrogens (tertiary/aromatic N) is 2. The molecule has 0 aliphatic carbocycles. The molecule has 3 unspecified atom stereocenters. The summed E-state index contributed by atoms with van der Waals surface area (Å²) >= 11 is 2.37. The van der Waals surface area contributed by atoms with E-state index in [2.05, 4.69) is 70.0 Å². The smallest absolute Gasteiger partial charge is 0.142 e. The lowest BCUT2D eigenvalue weighted by molar-refractivity contribution is 0.122. The van der Waals surface area contributed by atoms with E-state index in [1.54, 1.807) is 0 Å². The van der Waals surface area contributed by atoms with Crippen LogP contribution in [0.25, 0.3) is 0 Å². The molecule has 2 aliphatic rings. The van der Waals surface area contributed by atoms with E-state index in [9.17, 15) is 0 Å². The number of benzene rings is 1. The van der Waals surface area contributed by atoms with Crippen molar-refractivity contribution in [2.75, 3.05) is 7.05 Å². The van der Waals surface area contributed by atoms with E-state index in [1.165, 1.54) is 28.4 Å². The van der Waals surface area contributed by atoms with Gasteiger partial charge in [0.15, 0.2) is 0 Å². The highest BCUT2D eigenvalue weighted by Gasteiger charge is 2.47. The molecule has 4 heteroatoms. The number of fused-ring (bicyclic) bond motifs is 2. The predicted octanol–water partition coefficient (Wildman–Crippen LogP) is 4.32. The molecule has 0 radical (unpaired) electrons. The summed E-state index contributed by atoms with van der Waals surface area (Å²) in [5.74, 6) is 2.03. The molecular weight excluding hydrogens is 387 g/mol. The summed E-state index contributed by atoms with van der Waals surface area (Å²) in [6.07, 6.45) is 3.80. The summed E-state index contributed by atoms with van der Waals surface area (Å²) in [5.41, 5.74) is 2.43. The third-order valence-electron chi connectivity index (χ3n) is 5.54. The number of likely N-dealkylation sites (N-methyl/N-ethyl adjacent to an activating group) is 1. The van der Waals surface area contributed by atoms with Crippen LogP contribution in [-0.2, 0) is 0 Å². The molecule has 2 saturated heterocycles. The van der Waals surface area contributed by atoms with Crippen LogP contribution in [0.2, 0.25) is 0 Å². The van der Waals surface area contributed by atoms with Crippen molar-refractivity contribution in [3.05, 3.63) is 50.9 Å². The molecule has 0 saturated carbocycles. The van der Waals surface area contributed by atoms with Gasteiger partial charge in [-0.2, -0.15) is 0 Å². The van der Waals surface area contributed by atoms with Gasteiger partial charge in [-0.15, -0.1) is 0 Å². The Bertz CT molecular complexity index is 666. The minimum Gasteiger partial charge on any atom is -0.361 e. The number of piperidine rings is 1. The maximum atomic E-state index is 5.70. The van der Waals surface area contributed by atoms with E-state index in [4.69, 9.17) is 4.52 Å². The number of aryl methyl sites for hydroxylation is 1. The van der Waals surface area contributed by atoms with Gasteiger partial charge in [0.2, 0.25) is 0 Å². The highest BCUT2D eigenvalue weighted by Crippen LogP contribution is 2.50. The fraction of sp³-hybridized carbons (Fsp3) is 0.500. The van der Waals surface area contributed by atoms with Crippen LogP contribution < -0.4 is 0 Å². The normalized spacial score (nSPS) is 31.6. The van der Waals surface area contributed by atoms with Crippen molar-refractivity contribution in [2.24, 2.45) is 0 Å². The van der Waals surface area contributed by atoms with E-state index in [1.807, 2.05) is 6.92 Å². The molecule has 116 valence electrons. The number of hydrogen-bond acceptors (Lipinski definition) is 3. The quantitative estimate of drug-likeness (QED) is 0.694. The van der Waals surface area contributed by atoms with E-state index in [0.717, 1.165) is 17.5 Å². The molecule has 0 N–H and O–H groups in total. The van der Waals surface area contributed by atoms with Gasteiger partial charge < -0.3 is 4.52 Å². The second-order valence-electron chi connectivity index (χ2n) is 6.75. The first-order valence-electron chi connectivity index (χ1n) is 8.04. The van der Waals surface area contributed by atoms with Crippen molar-refractivity contribution in [1.29, 1.82) is 0 Å². The molecule has 3 nitrogen and oxygen atoms in total. The number of halogens is 1. The molecule has 1 aromatic carbocycles. The SMILES string of the molecule is Cc1cc(C2C3CCC(C[C@@H]2c2ccc(I)cc2)N3C)on1. The van der Waals surface area contributed by atoms with E-state index >= 15 is 0 Å². The number of rotatable bonds is 2. The third kappa shape index (κ3) is 2.40. The Hall–Kier alpha value is -0.880. The summed E-state index contributed by atoms with van der Waals surface area (Å²) in [6.45, 7) is 2.01. The fourth-order valence-electron chi connectivity index (χ4n) is 4.45. The average Bonchev–Trinajstić information content (AvgIpc) is 3.02. The lowest BCUT2D eigenvalue weighted by atomic mass is 9.75. The maximum absolute atomic E-state index is 5.70. The molecule has 2 aromatic rings. The van der Waals surface area contributed by atoms with Crippen molar-refractivity contribution in [2.45, 2.75) is 50.1 Å². The highest BCUT2D eigenvalue weighted by atomic mass is 127. The van der Waals surface area contributed by atoms with Crippen molar-refractivity contribution in [3.8, 4) is 0 Å². The third-order valence-corrected chi connectivity index (χ3v) is 6.26. The van der Waals surface area contributed by atoms with Crippen molar-refractivity contribution in [1.82, 2.24) is 10.1 Å². The molecular formula is C18H21IN2O. The van der Waals surface area contributed by atoms with Gasteiger partial charge in [0.05, 0.1) is 5.69 Å². The summed E-state index contributed by atoms with van der Waals surface area (Å²) < 4.78 is 7.00. The largest absolute Gasteiger partial charge is 0.361 e. The molecule has 0 amide bonds. The molecule has 4 rings (SSSR count). The molecule has 22 heavy (non-hydrogen) atoms. The van der Waals surface area contributed by atoms with Crippen LogP contribution in [0.4, 0.5) is 0 Å². The summed E-state index contributed by atoms with van der Waals surface area (Å²) in [5, 5.41) is 4.15. The van der Waals surface area contributed by atoms with Crippen molar-refractivity contribution >= 4 is 22.6 Å². The van der Waals surface area contributed by atoms with Gasteiger partial charge >= 0.3 is 0 Å². The maximum Gasteiger partial charge on any atom is 0.142 e. The lowest BCUT2D eigenvalue weighted by Crippen LogP contribution is -2.44. The Kier molecular flexibility index (Phi) is 3.77.